The van der Waals surface area contributed by atoms with Crippen LogP contribution in [0.4, 0.5) is 8.78 Å². The normalized spacial score (nSPS) is 27.8. The van der Waals surface area contributed by atoms with Crippen LogP contribution in [0.25, 0.3) is 0 Å². The van der Waals surface area contributed by atoms with Crippen LogP contribution in [0, 0.1) is 30.4 Å². The Kier molecular flexibility index (Phi) is 5.57. The largest absolute Gasteiger partial charge is 0.504 e. The lowest BCUT2D eigenvalue weighted by Crippen LogP contribution is -2.24. The number of hydrogen-bond donors (Lipinski definition) is 0. The lowest BCUT2D eigenvalue weighted by atomic mass is 9.69. The van der Waals surface area contributed by atoms with Gasteiger partial charge in [-0.3, -0.25) is 0 Å². The summed E-state index contributed by atoms with van der Waals surface area (Å²) in [5.74, 6) is 0.442. The number of ether oxygens (including phenoxy) is 1. The monoisotopic (exact) mass is 334 g/mol. The molecule has 0 N–H and O–H groups in total. The number of aryl methyl sites for hydroxylation is 1. The van der Waals surface area contributed by atoms with E-state index in [9.17, 15) is 8.78 Å². The van der Waals surface area contributed by atoms with Gasteiger partial charge in [-0.15, -0.1) is 0 Å². The van der Waals surface area contributed by atoms with Crippen molar-refractivity contribution in [1.82, 2.24) is 0 Å². The summed E-state index contributed by atoms with van der Waals surface area (Å²) in [6.07, 6.45) is 11.0. The number of hydrogen-bond acceptors (Lipinski definition) is 1. The second-order valence-electron chi connectivity index (χ2n) is 7.56. The summed E-state index contributed by atoms with van der Waals surface area (Å²) in [6.45, 7) is 1.62. The second-order valence-corrected chi connectivity index (χ2v) is 7.56. The van der Waals surface area contributed by atoms with Gasteiger partial charge in [0.25, 0.3) is 0 Å². The number of rotatable bonds is 3. The van der Waals surface area contributed by atoms with E-state index in [1.165, 1.54) is 18.4 Å². The predicted molar refractivity (Wildman–Crippen MR) is 92.8 cm³/mol. The van der Waals surface area contributed by atoms with Crippen LogP contribution >= 0.6 is 0 Å². The van der Waals surface area contributed by atoms with Crippen molar-refractivity contribution in [3.05, 3.63) is 46.7 Å². The minimum absolute atomic E-state index is 0.184. The average Bonchev–Trinajstić information content (AvgIpc) is 2.61. The Morgan fingerprint density at radius 2 is 1.54 bits per heavy atom. The van der Waals surface area contributed by atoms with Gasteiger partial charge < -0.3 is 4.74 Å². The fourth-order valence-electron chi connectivity index (χ4n) is 4.64. The van der Waals surface area contributed by atoms with Crippen molar-refractivity contribution >= 4 is 0 Å². The van der Waals surface area contributed by atoms with Crippen LogP contribution in [-0.4, -0.2) is 7.11 Å². The Morgan fingerprint density at radius 3 is 2.17 bits per heavy atom. The number of methoxy groups -OCH3 is 1. The van der Waals surface area contributed by atoms with E-state index in [0.29, 0.717) is 11.1 Å². The van der Waals surface area contributed by atoms with Gasteiger partial charge in [-0.25, -0.2) is 8.78 Å². The minimum atomic E-state index is -0.667. The molecule has 132 valence electrons. The van der Waals surface area contributed by atoms with Crippen LogP contribution in [0.5, 0.6) is 0 Å². The summed E-state index contributed by atoms with van der Waals surface area (Å²) in [7, 11) is 1.72. The molecule has 0 spiro atoms. The molecule has 0 aromatic heterocycles. The Labute approximate surface area is 144 Å². The molecule has 0 radical (unpaired) electrons. The highest BCUT2D eigenvalue weighted by Gasteiger charge is 2.31. The van der Waals surface area contributed by atoms with Gasteiger partial charge in [-0.2, -0.15) is 0 Å². The molecule has 3 rings (SSSR count). The van der Waals surface area contributed by atoms with E-state index in [2.05, 4.69) is 0 Å². The van der Waals surface area contributed by atoms with Gasteiger partial charge in [-0.1, -0.05) is 12.1 Å². The Balaban J connectivity index is 1.57. The average molecular weight is 334 g/mol. The van der Waals surface area contributed by atoms with Crippen molar-refractivity contribution in [3.63, 3.8) is 0 Å². The van der Waals surface area contributed by atoms with E-state index < -0.39 is 11.6 Å². The minimum Gasteiger partial charge on any atom is -0.504 e. The SMILES string of the molecule is COC=C1CCC(C2CCC(c3ccc(C)c(F)c3F)CC2)CC1. The van der Waals surface area contributed by atoms with E-state index >= 15 is 0 Å². The molecule has 0 saturated heterocycles. The van der Waals surface area contributed by atoms with E-state index in [0.717, 1.165) is 50.4 Å². The van der Waals surface area contributed by atoms with Crippen molar-refractivity contribution in [2.24, 2.45) is 11.8 Å². The second kappa shape index (κ2) is 7.67. The standard InChI is InChI=1S/C21H28F2O/c1-14-3-12-19(21(23)20(14)22)18-10-8-17(9-11-18)16-6-4-15(5-7-16)13-24-2/h3,12-13,16-18H,4-11H2,1-2H3. The predicted octanol–water partition coefficient (Wildman–Crippen LogP) is 6.27. The maximum absolute atomic E-state index is 14.2. The molecule has 0 amide bonds. The van der Waals surface area contributed by atoms with Gasteiger partial charge in [0.15, 0.2) is 11.6 Å². The van der Waals surface area contributed by atoms with E-state index in [-0.39, 0.29) is 5.92 Å². The molecule has 0 atom stereocenters. The summed E-state index contributed by atoms with van der Waals surface area (Å²) in [4.78, 5) is 0. The van der Waals surface area contributed by atoms with Crippen molar-refractivity contribution in [2.75, 3.05) is 7.11 Å². The van der Waals surface area contributed by atoms with Crippen molar-refractivity contribution < 1.29 is 13.5 Å². The maximum Gasteiger partial charge on any atom is 0.162 e. The quantitative estimate of drug-likeness (QED) is 0.592. The topological polar surface area (TPSA) is 9.23 Å². The zero-order valence-corrected chi connectivity index (χ0v) is 14.8. The van der Waals surface area contributed by atoms with E-state index in [1.54, 1.807) is 26.2 Å². The zero-order valence-electron chi connectivity index (χ0n) is 14.8. The molecular weight excluding hydrogens is 306 g/mol. The van der Waals surface area contributed by atoms with E-state index in [1.807, 2.05) is 6.26 Å². The number of allylic oxidation sites excluding steroid dienone is 1. The first-order chi connectivity index (χ1) is 11.6. The van der Waals surface area contributed by atoms with Gasteiger partial charge in [0.2, 0.25) is 0 Å². The molecule has 3 heteroatoms. The smallest absolute Gasteiger partial charge is 0.162 e. The summed E-state index contributed by atoms with van der Waals surface area (Å²) < 4.78 is 33.2. The summed E-state index contributed by atoms with van der Waals surface area (Å²) in [5.41, 5.74) is 2.41. The lowest BCUT2D eigenvalue weighted by molar-refractivity contribution is 0.196. The highest BCUT2D eigenvalue weighted by molar-refractivity contribution is 5.28. The van der Waals surface area contributed by atoms with Crippen molar-refractivity contribution in [3.8, 4) is 0 Å². The fraction of sp³-hybridized carbons (Fsp3) is 0.619. The Hall–Kier alpha value is -1.38. The summed E-state index contributed by atoms with van der Waals surface area (Å²) in [6, 6.07) is 3.51. The molecule has 0 heterocycles. The van der Waals surface area contributed by atoms with Crippen molar-refractivity contribution in [1.29, 1.82) is 0 Å². The third kappa shape index (κ3) is 3.65. The molecule has 1 aromatic rings. The zero-order chi connectivity index (χ0) is 17.1. The van der Waals surface area contributed by atoms with Gasteiger partial charge in [0.1, 0.15) is 0 Å². The summed E-state index contributed by atoms with van der Waals surface area (Å²) in [5, 5.41) is 0. The molecule has 0 aliphatic heterocycles. The van der Waals surface area contributed by atoms with Crippen LogP contribution < -0.4 is 0 Å². The van der Waals surface area contributed by atoms with Crippen LogP contribution in [-0.2, 0) is 4.74 Å². The molecule has 0 unspecified atom stereocenters. The first-order valence-corrected chi connectivity index (χ1v) is 9.25. The van der Waals surface area contributed by atoms with Gasteiger partial charge >= 0.3 is 0 Å². The van der Waals surface area contributed by atoms with Crippen LogP contribution in [0.3, 0.4) is 0 Å². The van der Waals surface area contributed by atoms with Gasteiger partial charge in [0, 0.05) is 0 Å². The summed E-state index contributed by atoms with van der Waals surface area (Å²) >= 11 is 0. The molecule has 0 bridgehead atoms. The molecular formula is C21H28F2O. The Bertz CT molecular complexity index is 590. The van der Waals surface area contributed by atoms with Crippen LogP contribution in [0.1, 0.15) is 68.4 Å². The van der Waals surface area contributed by atoms with Crippen LogP contribution in [0.15, 0.2) is 24.0 Å². The number of halogens is 2. The molecule has 24 heavy (non-hydrogen) atoms. The molecule has 2 aliphatic rings. The number of benzene rings is 1. The third-order valence-corrected chi connectivity index (χ3v) is 6.14. The lowest BCUT2D eigenvalue weighted by Gasteiger charge is -2.36. The molecule has 2 fully saturated rings. The molecule has 1 aromatic carbocycles. The fourth-order valence-corrected chi connectivity index (χ4v) is 4.64. The van der Waals surface area contributed by atoms with Gasteiger partial charge in [0.05, 0.1) is 13.4 Å². The molecule has 1 nitrogen and oxygen atoms in total. The maximum atomic E-state index is 14.2. The molecule has 2 saturated carbocycles. The molecule has 2 aliphatic carbocycles. The van der Waals surface area contributed by atoms with E-state index in [4.69, 9.17) is 4.74 Å². The first-order valence-electron chi connectivity index (χ1n) is 9.25. The van der Waals surface area contributed by atoms with Gasteiger partial charge in [-0.05, 0) is 92.7 Å². The Morgan fingerprint density at radius 1 is 0.917 bits per heavy atom. The van der Waals surface area contributed by atoms with Crippen LogP contribution in [0.2, 0.25) is 0 Å². The highest BCUT2D eigenvalue weighted by atomic mass is 19.2. The van der Waals surface area contributed by atoms with Crippen molar-refractivity contribution in [2.45, 2.75) is 64.2 Å². The third-order valence-electron chi connectivity index (χ3n) is 6.14. The first kappa shape index (κ1) is 17.4. The highest BCUT2D eigenvalue weighted by Crippen LogP contribution is 2.44.